The first-order chi connectivity index (χ1) is 17.5. The van der Waals surface area contributed by atoms with Crippen molar-refractivity contribution < 1.29 is 19.0 Å². The molecule has 2 aromatic carbocycles. The molecule has 200 valence electrons. The lowest BCUT2D eigenvalue weighted by Gasteiger charge is -2.52. The standard InChI is InChI=1S/C32H44O4Si/c1-30(2,3)37(23-15-9-7-10-16-23,24-17-11-8-12-18-24)34-22-32(6)26-20-14-13-19-25(26)28-29(27(32)21-33)36-31(4,5)35-28/h7-12,15-18,27-29,33H,13-14,19-22H2,1-6H3/t27-,28+,29-,32+/m0/s1. The molecular formula is C32H44O4Si. The van der Waals surface area contributed by atoms with Crippen molar-refractivity contribution in [2.45, 2.75) is 90.3 Å². The lowest BCUT2D eigenvalue weighted by Crippen LogP contribution is -2.68. The minimum Gasteiger partial charge on any atom is -0.407 e. The van der Waals surface area contributed by atoms with Crippen LogP contribution in [0.15, 0.2) is 71.8 Å². The van der Waals surface area contributed by atoms with E-state index < -0.39 is 14.1 Å². The van der Waals surface area contributed by atoms with Crippen LogP contribution in [0.5, 0.6) is 0 Å². The van der Waals surface area contributed by atoms with Gasteiger partial charge < -0.3 is 19.0 Å². The van der Waals surface area contributed by atoms with Gasteiger partial charge >= 0.3 is 0 Å². The molecule has 0 amide bonds. The van der Waals surface area contributed by atoms with E-state index in [-0.39, 0.29) is 35.2 Å². The molecule has 0 spiro atoms. The maximum absolute atomic E-state index is 10.9. The van der Waals surface area contributed by atoms with Gasteiger partial charge in [-0.2, -0.15) is 0 Å². The van der Waals surface area contributed by atoms with Crippen molar-refractivity contribution in [3.05, 3.63) is 71.8 Å². The van der Waals surface area contributed by atoms with Crippen molar-refractivity contribution in [2.75, 3.05) is 13.2 Å². The summed E-state index contributed by atoms with van der Waals surface area (Å²) in [4.78, 5) is 0. The number of aliphatic hydroxyl groups excluding tert-OH is 1. The molecule has 0 aromatic heterocycles. The van der Waals surface area contributed by atoms with E-state index in [1.807, 2.05) is 13.8 Å². The Balaban J connectivity index is 1.63. The lowest BCUT2D eigenvalue weighted by molar-refractivity contribution is -0.154. The van der Waals surface area contributed by atoms with Crippen LogP contribution in [-0.2, 0) is 13.9 Å². The maximum atomic E-state index is 10.9. The monoisotopic (exact) mass is 520 g/mol. The summed E-state index contributed by atoms with van der Waals surface area (Å²) in [6.07, 6.45) is 4.21. The summed E-state index contributed by atoms with van der Waals surface area (Å²) in [5.41, 5.74) is 2.51. The van der Waals surface area contributed by atoms with Crippen LogP contribution in [0, 0.1) is 11.3 Å². The fourth-order valence-corrected chi connectivity index (χ4v) is 12.0. The van der Waals surface area contributed by atoms with Crippen LogP contribution in [0.3, 0.4) is 0 Å². The zero-order chi connectivity index (χ0) is 26.5. The smallest absolute Gasteiger partial charge is 0.261 e. The molecule has 1 fully saturated rings. The highest BCUT2D eigenvalue weighted by Gasteiger charge is 2.59. The molecule has 1 heterocycles. The van der Waals surface area contributed by atoms with Gasteiger partial charge in [-0.15, -0.1) is 0 Å². The molecule has 37 heavy (non-hydrogen) atoms. The molecule has 5 rings (SSSR count). The predicted molar refractivity (Wildman–Crippen MR) is 152 cm³/mol. The summed E-state index contributed by atoms with van der Waals surface area (Å²) >= 11 is 0. The fraction of sp³-hybridized carbons (Fsp3) is 0.562. The van der Waals surface area contributed by atoms with E-state index >= 15 is 0 Å². The highest BCUT2D eigenvalue weighted by atomic mass is 28.4. The van der Waals surface area contributed by atoms with E-state index in [9.17, 15) is 5.11 Å². The van der Waals surface area contributed by atoms with Gasteiger partial charge in [-0.05, 0) is 60.5 Å². The Labute approximate surface area is 224 Å². The molecule has 1 N–H and O–H groups in total. The predicted octanol–water partition coefficient (Wildman–Crippen LogP) is 5.58. The molecule has 0 unspecified atom stereocenters. The van der Waals surface area contributed by atoms with Crippen molar-refractivity contribution in [3.8, 4) is 0 Å². The summed E-state index contributed by atoms with van der Waals surface area (Å²) in [7, 11) is -2.72. The Morgan fingerprint density at radius 1 is 0.892 bits per heavy atom. The average molecular weight is 521 g/mol. The van der Waals surface area contributed by atoms with Gasteiger partial charge in [0.15, 0.2) is 5.79 Å². The number of fused-ring (bicyclic) bond motifs is 2. The highest BCUT2D eigenvalue weighted by Crippen LogP contribution is 2.55. The SMILES string of the molecule is CC1(C)O[C@@H]2[C@H](O1)C1=C(CCCC1)[C@@](C)(CO[Si](c1ccccc1)(c1ccccc1)C(C)(C)C)[C@H]2CO. The number of hydrogen-bond acceptors (Lipinski definition) is 4. The average Bonchev–Trinajstić information content (AvgIpc) is 3.20. The van der Waals surface area contributed by atoms with E-state index in [2.05, 4.69) is 88.4 Å². The van der Waals surface area contributed by atoms with Crippen molar-refractivity contribution in [2.24, 2.45) is 11.3 Å². The third-order valence-corrected chi connectivity index (χ3v) is 14.1. The van der Waals surface area contributed by atoms with Gasteiger partial charge in [-0.1, -0.05) is 93.9 Å². The fourth-order valence-electron chi connectivity index (χ4n) is 7.35. The van der Waals surface area contributed by atoms with Crippen LogP contribution in [0.4, 0.5) is 0 Å². The summed E-state index contributed by atoms with van der Waals surface area (Å²) in [5, 5.41) is 13.3. The number of aliphatic hydroxyl groups is 1. The summed E-state index contributed by atoms with van der Waals surface area (Å²) in [6.45, 7) is 13.9. The summed E-state index contributed by atoms with van der Waals surface area (Å²) < 4.78 is 20.5. The van der Waals surface area contributed by atoms with E-state index in [4.69, 9.17) is 13.9 Å². The summed E-state index contributed by atoms with van der Waals surface area (Å²) in [5.74, 6) is -0.739. The van der Waals surface area contributed by atoms with Crippen molar-refractivity contribution >= 4 is 18.7 Å². The number of ether oxygens (including phenoxy) is 2. The third-order valence-electron chi connectivity index (χ3n) is 9.09. The van der Waals surface area contributed by atoms with Gasteiger partial charge in [-0.3, -0.25) is 0 Å². The van der Waals surface area contributed by atoms with E-state index in [1.54, 1.807) is 0 Å². The minimum absolute atomic E-state index is 0.0536. The molecule has 1 saturated heterocycles. The van der Waals surface area contributed by atoms with Crippen molar-refractivity contribution in [1.82, 2.24) is 0 Å². The van der Waals surface area contributed by atoms with Crippen molar-refractivity contribution in [1.29, 1.82) is 0 Å². The molecule has 0 radical (unpaired) electrons. The van der Waals surface area contributed by atoms with Crippen LogP contribution >= 0.6 is 0 Å². The Morgan fingerprint density at radius 3 is 2.00 bits per heavy atom. The molecular weight excluding hydrogens is 476 g/mol. The molecule has 4 atom stereocenters. The summed E-state index contributed by atoms with van der Waals surface area (Å²) in [6, 6.07) is 21.7. The van der Waals surface area contributed by atoms with Gasteiger partial charge in [0, 0.05) is 24.5 Å². The Bertz CT molecular complexity index is 1080. The maximum Gasteiger partial charge on any atom is 0.261 e. The first-order valence-corrected chi connectivity index (χ1v) is 15.9. The minimum atomic E-state index is -2.72. The number of benzene rings is 2. The normalized spacial score (nSPS) is 29.6. The van der Waals surface area contributed by atoms with Crippen LogP contribution in [0.2, 0.25) is 5.04 Å². The Kier molecular flexibility index (Phi) is 7.08. The van der Waals surface area contributed by atoms with Gasteiger partial charge in [0.1, 0.15) is 6.10 Å². The largest absolute Gasteiger partial charge is 0.407 e. The third kappa shape index (κ3) is 4.47. The molecule has 0 saturated carbocycles. The molecule has 5 heteroatoms. The molecule has 4 nitrogen and oxygen atoms in total. The number of hydrogen-bond donors (Lipinski definition) is 1. The van der Waals surface area contributed by atoms with Gasteiger partial charge in [0.25, 0.3) is 8.32 Å². The first kappa shape index (κ1) is 26.8. The van der Waals surface area contributed by atoms with Gasteiger partial charge in [-0.25, -0.2) is 0 Å². The zero-order valence-corrected chi connectivity index (χ0v) is 24.4. The second-order valence-corrected chi connectivity index (χ2v) is 17.2. The Hall–Kier alpha value is -1.76. The topological polar surface area (TPSA) is 47.9 Å². The Morgan fingerprint density at radius 2 is 1.46 bits per heavy atom. The lowest BCUT2D eigenvalue weighted by atomic mass is 9.59. The molecule has 2 aliphatic carbocycles. The second kappa shape index (κ2) is 9.76. The molecule has 3 aliphatic rings. The highest BCUT2D eigenvalue weighted by molar-refractivity contribution is 6.99. The first-order valence-electron chi connectivity index (χ1n) is 14.0. The second-order valence-electron chi connectivity index (χ2n) is 12.9. The van der Waals surface area contributed by atoms with E-state index in [0.717, 1.165) is 12.8 Å². The van der Waals surface area contributed by atoms with Gasteiger partial charge in [0.2, 0.25) is 0 Å². The van der Waals surface area contributed by atoms with Crippen LogP contribution in [0.25, 0.3) is 0 Å². The van der Waals surface area contributed by atoms with Crippen molar-refractivity contribution in [3.63, 3.8) is 0 Å². The molecule has 0 bridgehead atoms. The quantitative estimate of drug-likeness (QED) is 0.399. The molecule has 1 aliphatic heterocycles. The molecule has 2 aromatic rings. The van der Waals surface area contributed by atoms with E-state index in [1.165, 1.54) is 34.4 Å². The zero-order valence-electron chi connectivity index (χ0n) is 23.4. The van der Waals surface area contributed by atoms with E-state index in [0.29, 0.717) is 6.61 Å². The van der Waals surface area contributed by atoms with Gasteiger partial charge in [0.05, 0.1) is 6.10 Å². The number of rotatable bonds is 6. The van der Waals surface area contributed by atoms with Crippen LogP contribution in [0.1, 0.15) is 67.2 Å². The van der Waals surface area contributed by atoms with Crippen LogP contribution < -0.4 is 10.4 Å². The van der Waals surface area contributed by atoms with Crippen LogP contribution in [-0.4, -0.2) is 44.6 Å².